The van der Waals surface area contributed by atoms with Crippen molar-refractivity contribution in [2.45, 2.75) is 12.8 Å². The molecule has 0 saturated heterocycles. The molecule has 0 bridgehead atoms. The van der Waals surface area contributed by atoms with Crippen LogP contribution in [-0.4, -0.2) is 11.5 Å². The molecule has 0 aliphatic carbocycles. The molecule has 2 rings (SSSR count). The lowest BCUT2D eigenvalue weighted by molar-refractivity contribution is 0.827. The van der Waals surface area contributed by atoms with E-state index in [1.54, 1.807) is 23.5 Å². The fourth-order valence-electron chi connectivity index (χ4n) is 1.50. The van der Waals surface area contributed by atoms with Crippen LogP contribution in [0, 0.1) is 0 Å². The number of rotatable bonds is 4. The standard InChI is InChI=1S/C12H12Cl2N2S/c13-8-3-4-10(14)9(6-8)11-7-17-12(16-11)2-1-5-15/h3-4,6-7H,1-2,5,15H2. The fraction of sp³-hybridized carbons (Fsp3) is 0.250. The summed E-state index contributed by atoms with van der Waals surface area (Å²) in [6.45, 7) is 0.687. The largest absolute Gasteiger partial charge is 0.330 e. The second-order valence-electron chi connectivity index (χ2n) is 3.64. The normalized spacial score (nSPS) is 10.8. The molecule has 0 fully saturated rings. The predicted molar refractivity (Wildman–Crippen MR) is 74.9 cm³/mol. The first-order chi connectivity index (χ1) is 8.20. The Labute approximate surface area is 114 Å². The van der Waals surface area contributed by atoms with E-state index in [2.05, 4.69) is 4.98 Å². The van der Waals surface area contributed by atoms with Crippen LogP contribution in [0.4, 0.5) is 0 Å². The van der Waals surface area contributed by atoms with E-state index in [0.717, 1.165) is 29.1 Å². The van der Waals surface area contributed by atoms with Crippen molar-refractivity contribution in [3.05, 3.63) is 38.6 Å². The smallest absolute Gasteiger partial charge is 0.0933 e. The van der Waals surface area contributed by atoms with E-state index in [1.807, 2.05) is 11.4 Å². The van der Waals surface area contributed by atoms with Crippen LogP contribution in [0.5, 0.6) is 0 Å². The summed E-state index contributed by atoms with van der Waals surface area (Å²) in [4.78, 5) is 4.54. The van der Waals surface area contributed by atoms with Crippen LogP contribution in [-0.2, 0) is 6.42 Å². The van der Waals surface area contributed by atoms with Crippen molar-refractivity contribution < 1.29 is 0 Å². The van der Waals surface area contributed by atoms with Gasteiger partial charge in [0.25, 0.3) is 0 Å². The highest BCUT2D eigenvalue weighted by Gasteiger charge is 2.08. The molecule has 0 aliphatic rings. The molecule has 1 heterocycles. The Morgan fingerprint density at radius 3 is 2.88 bits per heavy atom. The number of benzene rings is 1. The molecule has 0 radical (unpaired) electrons. The van der Waals surface area contributed by atoms with E-state index < -0.39 is 0 Å². The maximum Gasteiger partial charge on any atom is 0.0933 e. The highest BCUT2D eigenvalue weighted by molar-refractivity contribution is 7.09. The first-order valence-electron chi connectivity index (χ1n) is 5.30. The number of thiazole rings is 1. The van der Waals surface area contributed by atoms with Gasteiger partial charge in [-0.05, 0) is 31.2 Å². The Kier molecular flexibility index (Phi) is 4.40. The summed E-state index contributed by atoms with van der Waals surface area (Å²) in [5.41, 5.74) is 7.24. The molecule has 5 heteroatoms. The quantitative estimate of drug-likeness (QED) is 0.922. The summed E-state index contributed by atoms with van der Waals surface area (Å²) < 4.78 is 0. The molecule has 1 aromatic heterocycles. The summed E-state index contributed by atoms with van der Waals surface area (Å²) in [5.74, 6) is 0. The van der Waals surface area contributed by atoms with Gasteiger partial charge in [0.2, 0.25) is 0 Å². The summed E-state index contributed by atoms with van der Waals surface area (Å²) in [6, 6.07) is 5.40. The first-order valence-corrected chi connectivity index (χ1v) is 6.94. The number of halogens is 2. The fourth-order valence-corrected chi connectivity index (χ4v) is 2.72. The lowest BCUT2D eigenvalue weighted by atomic mass is 10.2. The molecule has 0 atom stereocenters. The van der Waals surface area contributed by atoms with Crippen LogP contribution >= 0.6 is 34.5 Å². The SMILES string of the molecule is NCCCc1nc(-c2cc(Cl)ccc2Cl)cs1. The molecule has 2 nitrogen and oxygen atoms in total. The van der Waals surface area contributed by atoms with Gasteiger partial charge in [-0.15, -0.1) is 11.3 Å². The zero-order chi connectivity index (χ0) is 12.3. The lowest BCUT2D eigenvalue weighted by Crippen LogP contribution is -1.99. The van der Waals surface area contributed by atoms with Crippen molar-refractivity contribution in [2.24, 2.45) is 5.73 Å². The number of aromatic nitrogens is 1. The van der Waals surface area contributed by atoms with E-state index in [0.29, 0.717) is 16.6 Å². The van der Waals surface area contributed by atoms with Gasteiger partial charge in [-0.3, -0.25) is 0 Å². The van der Waals surface area contributed by atoms with E-state index in [4.69, 9.17) is 28.9 Å². The highest BCUT2D eigenvalue weighted by atomic mass is 35.5. The van der Waals surface area contributed by atoms with Gasteiger partial charge in [-0.1, -0.05) is 23.2 Å². The number of hydrogen-bond donors (Lipinski definition) is 1. The Hall–Kier alpha value is -0.610. The van der Waals surface area contributed by atoms with Crippen molar-refractivity contribution in [1.29, 1.82) is 0 Å². The van der Waals surface area contributed by atoms with E-state index in [9.17, 15) is 0 Å². The molecule has 2 aromatic rings. The van der Waals surface area contributed by atoms with Crippen LogP contribution in [0.15, 0.2) is 23.6 Å². The molecule has 90 valence electrons. The van der Waals surface area contributed by atoms with Gasteiger partial charge in [0.05, 0.1) is 15.7 Å². The molecule has 1 aromatic carbocycles. The first kappa shape index (κ1) is 12.8. The second-order valence-corrected chi connectivity index (χ2v) is 5.43. The van der Waals surface area contributed by atoms with Crippen LogP contribution in [0.25, 0.3) is 11.3 Å². The van der Waals surface area contributed by atoms with Gasteiger partial charge in [0, 0.05) is 22.4 Å². The minimum Gasteiger partial charge on any atom is -0.330 e. The van der Waals surface area contributed by atoms with E-state index >= 15 is 0 Å². The van der Waals surface area contributed by atoms with Gasteiger partial charge in [-0.2, -0.15) is 0 Å². The molecule has 2 N–H and O–H groups in total. The van der Waals surface area contributed by atoms with Crippen molar-refractivity contribution >= 4 is 34.5 Å². The van der Waals surface area contributed by atoms with Crippen molar-refractivity contribution in [2.75, 3.05) is 6.54 Å². The van der Waals surface area contributed by atoms with Crippen molar-refractivity contribution in [1.82, 2.24) is 4.98 Å². The Balaban J connectivity index is 2.27. The van der Waals surface area contributed by atoms with Crippen LogP contribution in [0.2, 0.25) is 10.0 Å². The monoisotopic (exact) mass is 286 g/mol. The average molecular weight is 287 g/mol. The molecule has 0 amide bonds. The van der Waals surface area contributed by atoms with Crippen LogP contribution in [0.1, 0.15) is 11.4 Å². The summed E-state index contributed by atoms with van der Waals surface area (Å²) in [6.07, 6.45) is 1.87. The zero-order valence-electron chi connectivity index (χ0n) is 9.12. The Morgan fingerprint density at radius 2 is 2.12 bits per heavy atom. The number of aryl methyl sites for hydroxylation is 1. The molecular formula is C12H12Cl2N2S. The summed E-state index contributed by atoms with van der Waals surface area (Å²) in [5, 5.41) is 4.43. The van der Waals surface area contributed by atoms with Gasteiger partial charge in [0.15, 0.2) is 0 Å². The average Bonchev–Trinajstić information content (AvgIpc) is 2.78. The van der Waals surface area contributed by atoms with Gasteiger partial charge >= 0.3 is 0 Å². The van der Waals surface area contributed by atoms with E-state index in [-0.39, 0.29) is 0 Å². The van der Waals surface area contributed by atoms with Gasteiger partial charge in [-0.25, -0.2) is 4.98 Å². The minimum absolute atomic E-state index is 0.668. The third kappa shape index (κ3) is 3.19. The molecular weight excluding hydrogens is 275 g/mol. The lowest BCUT2D eigenvalue weighted by Gasteiger charge is -2.01. The van der Waals surface area contributed by atoms with Crippen LogP contribution < -0.4 is 5.73 Å². The van der Waals surface area contributed by atoms with Gasteiger partial charge < -0.3 is 5.73 Å². The topological polar surface area (TPSA) is 38.9 Å². The van der Waals surface area contributed by atoms with Gasteiger partial charge in [0.1, 0.15) is 0 Å². The van der Waals surface area contributed by atoms with E-state index in [1.165, 1.54) is 0 Å². The third-order valence-electron chi connectivity index (χ3n) is 2.35. The molecule has 0 saturated carbocycles. The number of nitrogens with zero attached hydrogens (tertiary/aromatic N) is 1. The molecule has 17 heavy (non-hydrogen) atoms. The highest BCUT2D eigenvalue weighted by Crippen LogP contribution is 2.31. The summed E-state index contributed by atoms with van der Waals surface area (Å²) >= 11 is 13.7. The van der Waals surface area contributed by atoms with Crippen molar-refractivity contribution in [3.63, 3.8) is 0 Å². The Bertz CT molecular complexity index is 511. The summed E-state index contributed by atoms with van der Waals surface area (Å²) in [7, 11) is 0. The third-order valence-corrected chi connectivity index (χ3v) is 3.82. The van der Waals surface area contributed by atoms with Crippen molar-refractivity contribution in [3.8, 4) is 11.3 Å². The zero-order valence-corrected chi connectivity index (χ0v) is 11.4. The molecule has 0 spiro atoms. The second kappa shape index (κ2) is 5.83. The minimum atomic E-state index is 0.668. The molecule has 0 aliphatic heterocycles. The predicted octanol–water partition coefficient (Wildman–Crippen LogP) is 4.01. The maximum absolute atomic E-state index is 6.13. The Morgan fingerprint density at radius 1 is 1.29 bits per heavy atom. The molecule has 0 unspecified atom stereocenters. The number of hydrogen-bond acceptors (Lipinski definition) is 3. The number of nitrogens with two attached hydrogens (primary N) is 1. The van der Waals surface area contributed by atoms with Crippen LogP contribution in [0.3, 0.4) is 0 Å². The maximum atomic E-state index is 6.13.